The largest absolute Gasteiger partial charge is 0.485 e. The van der Waals surface area contributed by atoms with Gasteiger partial charge in [-0.25, -0.2) is 0 Å². The Kier molecular flexibility index (Phi) is 24.0. The molecule has 0 aliphatic carbocycles. The third-order valence-electron chi connectivity index (χ3n) is 15.5. The molecule has 0 saturated carbocycles. The molecule has 0 bridgehead atoms. The monoisotopic (exact) mass is 1100 g/mol. The number of hydrogen-bond acceptors (Lipinski definition) is 14. The van der Waals surface area contributed by atoms with Gasteiger partial charge in [0.2, 0.25) is 23.5 Å². The molecule has 2 N–H and O–H groups in total. The quantitative estimate of drug-likeness (QED) is 0.0327. The summed E-state index contributed by atoms with van der Waals surface area (Å²) in [4.78, 5) is 132. The van der Waals surface area contributed by atoms with Crippen LogP contribution in [-0.2, 0) is 59.0 Å². The van der Waals surface area contributed by atoms with Crippen LogP contribution in [0.2, 0.25) is 0 Å². The predicted molar refractivity (Wildman–Crippen MR) is 298 cm³/mol. The minimum absolute atomic E-state index is 0.00641. The highest BCUT2D eigenvalue weighted by Crippen LogP contribution is 2.35. The van der Waals surface area contributed by atoms with Crippen molar-refractivity contribution >= 4 is 64.3 Å². The van der Waals surface area contributed by atoms with E-state index in [2.05, 4.69) is 42.7 Å². The van der Waals surface area contributed by atoms with Gasteiger partial charge in [-0.3, -0.25) is 58.2 Å². The molecule has 3 aliphatic rings. The summed E-state index contributed by atoms with van der Waals surface area (Å²) in [5.74, 6) is -4.26. The average Bonchev–Trinajstić information content (AvgIpc) is 3.70. The minimum Gasteiger partial charge on any atom is -0.485 e. The average molecular weight is 1110 g/mol. The number of carbonyl (C=O) groups is 10. The maximum Gasteiger partial charge on any atom is 0.291 e. The molecule has 3 atom stereocenters. The number of fused-ring (bicyclic) bond motifs is 1. The first kappa shape index (κ1) is 62.4. The zero-order valence-corrected chi connectivity index (χ0v) is 47.3. The molecule has 6 rings (SSSR count). The molecule has 80 heavy (non-hydrogen) atoms. The number of ketones is 4. The Labute approximate surface area is 469 Å². The van der Waals surface area contributed by atoms with E-state index in [-0.39, 0.29) is 91.2 Å². The van der Waals surface area contributed by atoms with Crippen LogP contribution in [0.15, 0.2) is 60.7 Å². The van der Waals surface area contributed by atoms with Crippen LogP contribution in [0, 0.1) is 19.3 Å². The Morgan fingerprint density at radius 1 is 0.738 bits per heavy atom. The fourth-order valence-electron chi connectivity index (χ4n) is 10.1. The normalized spacial score (nSPS) is 16.8. The number of anilines is 1. The van der Waals surface area contributed by atoms with Crippen LogP contribution in [0.1, 0.15) is 172 Å². The van der Waals surface area contributed by atoms with Crippen LogP contribution >= 0.6 is 0 Å². The Morgan fingerprint density at radius 2 is 1.43 bits per heavy atom. The molecule has 3 heterocycles. The molecule has 2 fully saturated rings. The fraction of sp³-hybridized carbons (Fsp3) is 0.548. The Hall–Kier alpha value is -6.76. The van der Waals surface area contributed by atoms with E-state index < -0.39 is 52.8 Å². The Bertz CT molecular complexity index is 2730. The number of Topliss-reactive ketones (excluding diaryl/α,β-unsaturated/α-hetero) is 4. The third-order valence-corrected chi connectivity index (χ3v) is 15.5. The summed E-state index contributed by atoms with van der Waals surface area (Å²) in [6.45, 7) is 12.1. The summed E-state index contributed by atoms with van der Waals surface area (Å²) in [6.07, 6.45) is 7.38. The SMILES string of the molecule is CCC(C)(C)C(=O)C(=O)N1CCCC[C@H]1C(=O)C[C@H](CCc1ccc(C)c(C)c1)c1cccc(NC(=O)CCC(=O)CCCCOCCOCCOCCCCC(=O)COc2cccc3c2C(=O)N(C2CCC(=O)NC2=O)C3=O)c1. The highest BCUT2D eigenvalue weighted by atomic mass is 16.5. The molecular formula is C62H80N4O14. The lowest BCUT2D eigenvalue weighted by Gasteiger charge is -2.36. The number of benzene rings is 3. The number of amides is 6. The molecule has 3 aliphatic heterocycles. The van der Waals surface area contributed by atoms with Gasteiger partial charge in [0.25, 0.3) is 17.7 Å². The zero-order valence-electron chi connectivity index (χ0n) is 47.3. The van der Waals surface area contributed by atoms with Gasteiger partial charge in [0, 0.05) is 69.4 Å². The number of hydrogen-bond donors (Lipinski definition) is 2. The molecule has 6 amide bonds. The number of nitrogens with one attached hydrogen (secondary N) is 2. The van der Waals surface area contributed by atoms with Gasteiger partial charge in [0.1, 0.15) is 24.2 Å². The summed E-state index contributed by atoms with van der Waals surface area (Å²) in [5.41, 5.74) is 4.26. The van der Waals surface area contributed by atoms with E-state index in [9.17, 15) is 47.9 Å². The van der Waals surface area contributed by atoms with E-state index in [4.69, 9.17) is 18.9 Å². The summed E-state index contributed by atoms with van der Waals surface area (Å²) >= 11 is 0. The number of rotatable bonds is 34. The number of aryl methyl sites for hydroxylation is 3. The highest BCUT2D eigenvalue weighted by molar-refractivity contribution is 6.38. The van der Waals surface area contributed by atoms with Crippen LogP contribution in [0.3, 0.4) is 0 Å². The first-order chi connectivity index (χ1) is 38.4. The second-order valence-corrected chi connectivity index (χ2v) is 21.8. The molecule has 1 unspecified atom stereocenters. The molecule has 18 heteroatoms. The van der Waals surface area contributed by atoms with Crippen molar-refractivity contribution < 1.29 is 66.9 Å². The lowest BCUT2D eigenvalue weighted by molar-refractivity contribution is -0.153. The fourth-order valence-corrected chi connectivity index (χ4v) is 10.1. The lowest BCUT2D eigenvalue weighted by Crippen LogP contribution is -2.54. The van der Waals surface area contributed by atoms with Crippen molar-refractivity contribution in [2.45, 2.75) is 162 Å². The van der Waals surface area contributed by atoms with E-state index in [0.29, 0.717) is 103 Å². The van der Waals surface area contributed by atoms with Crippen LogP contribution in [0.25, 0.3) is 0 Å². The number of piperidine rings is 2. The smallest absolute Gasteiger partial charge is 0.291 e. The van der Waals surface area contributed by atoms with Gasteiger partial charge >= 0.3 is 0 Å². The summed E-state index contributed by atoms with van der Waals surface area (Å²) < 4.78 is 22.5. The van der Waals surface area contributed by atoms with E-state index in [0.717, 1.165) is 35.3 Å². The molecule has 0 spiro atoms. The van der Waals surface area contributed by atoms with Gasteiger partial charge in [-0.05, 0) is 137 Å². The molecule has 2 saturated heterocycles. The van der Waals surface area contributed by atoms with Crippen LogP contribution in [0.4, 0.5) is 5.69 Å². The van der Waals surface area contributed by atoms with E-state index in [1.165, 1.54) is 34.2 Å². The van der Waals surface area contributed by atoms with Gasteiger partial charge in [-0.2, -0.15) is 0 Å². The van der Waals surface area contributed by atoms with Crippen molar-refractivity contribution in [2.75, 3.05) is 58.1 Å². The summed E-state index contributed by atoms with van der Waals surface area (Å²) in [7, 11) is 0. The van der Waals surface area contributed by atoms with Gasteiger partial charge in [-0.15, -0.1) is 0 Å². The third kappa shape index (κ3) is 17.9. The van der Waals surface area contributed by atoms with E-state index >= 15 is 0 Å². The van der Waals surface area contributed by atoms with Crippen LogP contribution in [0.5, 0.6) is 5.75 Å². The Morgan fingerprint density at radius 3 is 2.11 bits per heavy atom. The minimum atomic E-state index is -1.10. The first-order valence-electron chi connectivity index (χ1n) is 28.5. The summed E-state index contributed by atoms with van der Waals surface area (Å²) in [6, 6.07) is 16.6. The highest BCUT2D eigenvalue weighted by Gasteiger charge is 2.46. The van der Waals surface area contributed by atoms with Crippen LogP contribution < -0.4 is 15.4 Å². The second-order valence-electron chi connectivity index (χ2n) is 21.8. The maximum absolute atomic E-state index is 14.2. The van der Waals surface area contributed by atoms with Crippen molar-refractivity contribution in [3.8, 4) is 5.75 Å². The van der Waals surface area contributed by atoms with E-state index in [1.54, 1.807) is 19.9 Å². The number of unbranched alkanes of at least 4 members (excludes halogenated alkanes) is 2. The number of ether oxygens (including phenoxy) is 4. The molecule has 432 valence electrons. The number of likely N-dealkylation sites (tertiary alicyclic amines) is 1. The Balaban J connectivity index is 0.811. The van der Waals surface area contributed by atoms with E-state index in [1.807, 2.05) is 25.1 Å². The van der Waals surface area contributed by atoms with Gasteiger partial charge in [-0.1, -0.05) is 57.2 Å². The zero-order chi connectivity index (χ0) is 57.8. The van der Waals surface area contributed by atoms with Crippen molar-refractivity contribution in [1.29, 1.82) is 0 Å². The van der Waals surface area contributed by atoms with Gasteiger partial charge < -0.3 is 29.2 Å². The molecular weight excluding hydrogens is 1020 g/mol. The summed E-state index contributed by atoms with van der Waals surface area (Å²) in [5, 5.41) is 5.11. The number of carbonyl (C=O) groups excluding carboxylic acids is 10. The van der Waals surface area contributed by atoms with Crippen LogP contribution in [-0.4, -0.2) is 133 Å². The van der Waals surface area contributed by atoms with Crippen molar-refractivity contribution in [2.24, 2.45) is 5.41 Å². The second kappa shape index (κ2) is 30.7. The number of nitrogens with zero attached hydrogens (tertiary/aromatic N) is 2. The maximum atomic E-state index is 14.2. The molecule has 0 radical (unpaired) electrons. The predicted octanol–water partition coefficient (Wildman–Crippen LogP) is 8.09. The number of imide groups is 2. The lowest BCUT2D eigenvalue weighted by atomic mass is 9.82. The van der Waals surface area contributed by atoms with Crippen molar-refractivity contribution in [3.05, 3.63) is 94.0 Å². The van der Waals surface area contributed by atoms with Crippen molar-refractivity contribution in [3.63, 3.8) is 0 Å². The van der Waals surface area contributed by atoms with Crippen molar-refractivity contribution in [1.82, 2.24) is 15.1 Å². The van der Waals surface area contributed by atoms with Gasteiger partial charge in [0.15, 0.2) is 11.6 Å². The molecule has 18 nitrogen and oxygen atoms in total. The van der Waals surface area contributed by atoms with Gasteiger partial charge in [0.05, 0.1) is 43.6 Å². The first-order valence-corrected chi connectivity index (χ1v) is 28.5. The standard InChI is InChI=1S/C62H80N4O14/c1-6-62(4,5)57(72)61(76)65-30-10-7-20-50(65)52(69)39-45(25-24-43-23-22-41(2)42(3)37-43)44-15-13-16-46(38-44)63-54(70)28-26-47(67)17-8-11-31-77-33-35-79-36-34-78-32-12-9-18-48(68)40-80-53-21-14-19-49-56(53)60(75)66(59(49)74)51-27-29-55(71)64-58(51)73/h13-16,19,21-23,37-38,45,50-51H,6-12,17-18,20,24-36,39-40H2,1-5H3,(H,63,70)(H,64,71,73)/t45-,50-,51?/m0/s1. The topological polar surface area (TPSA) is 238 Å². The molecule has 0 aromatic heterocycles. The molecule has 3 aromatic rings. The molecule has 3 aromatic carbocycles.